The number of fused-ring (bicyclic) bond motifs is 3. The fraction of sp³-hybridized carbons (Fsp3) is 0.148. The zero-order valence-electron chi connectivity index (χ0n) is 17.9. The molecule has 0 spiro atoms. The van der Waals surface area contributed by atoms with Crippen molar-refractivity contribution in [3.05, 3.63) is 90.1 Å². The molecule has 0 saturated heterocycles. The number of hydrogen-bond acceptors (Lipinski definition) is 2. The van der Waals surface area contributed by atoms with Crippen molar-refractivity contribution in [2.45, 2.75) is 26.7 Å². The number of benzene rings is 3. The minimum absolute atomic E-state index is 0.644. The molecular formula is C27H23NS. The van der Waals surface area contributed by atoms with E-state index in [9.17, 15) is 0 Å². The molecule has 2 heteroatoms. The predicted octanol–water partition coefficient (Wildman–Crippen LogP) is 8.22. The fourth-order valence-corrected chi connectivity index (χ4v) is 5.08. The normalized spacial score (nSPS) is 12.4. The van der Waals surface area contributed by atoms with Gasteiger partial charge in [0.05, 0.1) is 5.69 Å². The minimum atomic E-state index is -0.644. The smallest absolute Gasteiger partial charge is 0.0719 e. The molecule has 2 aromatic heterocycles. The lowest BCUT2D eigenvalue weighted by Crippen LogP contribution is -1.90. The molecule has 0 saturated carbocycles. The lowest BCUT2D eigenvalue weighted by Gasteiger charge is -2.08. The first-order chi connectivity index (χ1) is 14.4. The van der Waals surface area contributed by atoms with Gasteiger partial charge in [-0.3, -0.25) is 4.98 Å². The summed E-state index contributed by atoms with van der Waals surface area (Å²) in [5.41, 5.74) is 6.81. The third kappa shape index (κ3) is 3.24. The highest BCUT2D eigenvalue weighted by Crippen LogP contribution is 2.41. The van der Waals surface area contributed by atoms with Crippen LogP contribution in [0.4, 0.5) is 0 Å². The Morgan fingerprint density at radius 1 is 0.862 bits per heavy atom. The average molecular weight is 395 g/mol. The Hall–Kier alpha value is -2.97. The van der Waals surface area contributed by atoms with Crippen molar-refractivity contribution in [2.24, 2.45) is 0 Å². The van der Waals surface area contributed by atoms with Crippen molar-refractivity contribution < 1.29 is 1.37 Å². The topological polar surface area (TPSA) is 12.9 Å². The Morgan fingerprint density at radius 3 is 2.45 bits per heavy atom. The highest BCUT2D eigenvalue weighted by Gasteiger charge is 2.13. The molecule has 29 heavy (non-hydrogen) atoms. The third-order valence-corrected chi connectivity index (χ3v) is 6.70. The number of nitrogens with zero attached hydrogens (tertiary/aromatic N) is 1. The van der Waals surface area contributed by atoms with E-state index in [2.05, 4.69) is 78.6 Å². The molecule has 2 heterocycles. The van der Waals surface area contributed by atoms with Gasteiger partial charge in [-0.15, -0.1) is 11.3 Å². The van der Waals surface area contributed by atoms with Crippen molar-refractivity contribution in [1.82, 2.24) is 4.98 Å². The van der Waals surface area contributed by atoms with Crippen LogP contribution in [0, 0.1) is 6.92 Å². The largest absolute Gasteiger partial charge is 0.256 e. The maximum absolute atomic E-state index is 8.38. The molecule has 3 aromatic carbocycles. The molecule has 0 aliphatic rings. The van der Waals surface area contributed by atoms with E-state index in [4.69, 9.17) is 1.37 Å². The van der Waals surface area contributed by atoms with Gasteiger partial charge < -0.3 is 0 Å². The molecule has 0 N–H and O–H groups in total. The second-order valence-corrected chi connectivity index (χ2v) is 8.84. The van der Waals surface area contributed by atoms with E-state index < -0.39 is 5.89 Å². The Morgan fingerprint density at radius 2 is 1.66 bits per heavy atom. The molecule has 0 atom stereocenters. The lowest BCUT2D eigenvalue weighted by atomic mass is 10.00. The van der Waals surface area contributed by atoms with Crippen LogP contribution >= 0.6 is 11.3 Å². The standard InChI is InChI=1S/C27H23NS/c1-17(2)20-13-14-28-25(15-20)24-6-4-5-23-22-12-11-21(16-26(22)29-27(23)24)19-9-7-18(3)8-10-19/h4-17H,1-3H3/i17D. The second-order valence-electron chi connectivity index (χ2n) is 7.79. The molecule has 0 aliphatic heterocycles. The van der Waals surface area contributed by atoms with E-state index in [0.717, 1.165) is 16.8 Å². The van der Waals surface area contributed by atoms with Crippen molar-refractivity contribution >= 4 is 31.5 Å². The Labute approximate surface area is 177 Å². The van der Waals surface area contributed by atoms with Crippen LogP contribution in [0.2, 0.25) is 0 Å². The van der Waals surface area contributed by atoms with E-state index in [1.807, 2.05) is 37.4 Å². The molecule has 5 aromatic rings. The summed E-state index contributed by atoms with van der Waals surface area (Å²) in [5.74, 6) is -0.644. The monoisotopic (exact) mass is 394 g/mol. The van der Waals surface area contributed by atoms with E-state index >= 15 is 0 Å². The Balaban J connectivity index is 1.68. The maximum Gasteiger partial charge on any atom is 0.0719 e. The van der Waals surface area contributed by atoms with Gasteiger partial charge in [-0.2, -0.15) is 0 Å². The van der Waals surface area contributed by atoms with Crippen LogP contribution in [0.1, 0.15) is 32.2 Å². The summed E-state index contributed by atoms with van der Waals surface area (Å²) in [7, 11) is 0. The summed E-state index contributed by atoms with van der Waals surface area (Å²) in [6, 6.07) is 25.9. The first kappa shape index (κ1) is 16.9. The highest BCUT2D eigenvalue weighted by molar-refractivity contribution is 7.26. The average Bonchev–Trinajstić information content (AvgIpc) is 3.11. The molecule has 142 valence electrons. The van der Waals surface area contributed by atoms with Crippen molar-refractivity contribution in [3.8, 4) is 22.4 Å². The van der Waals surface area contributed by atoms with Crippen LogP contribution in [-0.2, 0) is 0 Å². The first-order valence-electron chi connectivity index (χ1n) is 10.4. The van der Waals surface area contributed by atoms with Gasteiger partial charge in [0.1, 0.15) is 0 Å². The van der Waals surface area contributed by atoms with Gasteiger partial charge in [-0.1, -0.05) is 74.0 Å². The summed E-state index contributed by atoms with van der Waals surface area (Å²) in [6.45, 7) is 5.95. The number of hydrogen-bond donors (Lipinski definition) is 0. The lowest BCUT2D eigenvalue weighted by molar-refractivity contribution is 0.864. The molecule has 5 rings (SSSR count). The second kappa shape index (κ2) is 7.13. The number of rotatable bonds is 3. The van der Waals surface area contributed by atoms with Crippen LogP contribution < -0.4 is 0 Å². The van der Waals surface area contributed by atoms with Crippen LogP contribution in [0.15, 0.2) is 79.0 Å². The van der Waals surface area contributed by atoms with E-state index in [1.54, 1.807) is 0 Å². The Bertz CT molecular complexity index is 1370. The van der Waals surface area contributed by atoms with Crippen LogP contribution in [0.25, 0.3) is 42.6 Å². The van der Waals surface area contributed by atoms with Gasteiger partial charge in [-0.25, -0.2) is 0 Å². The number of aromatic nitrogens is 1. The third-order valence-electron chi connectivity index (χ3n) is 5.50. The van der Waals surface area contributed by atoms with Gasteiger partial charge in [-0.05, 0) is 47.7 Å². The number of pyridine rings is 1. The summed E-state index contributed by atoms with van der Waals surface area (Å²) in [5, 5.41) is 2.55. The van der Waals surface area contributed by atoms with Crippen molar-refractivity contribution in [3.63, 3.8) is 0 Å². The molecule has 0 aliphatic carbocycles. The minimum Gasteiger partial charge on any atom is -0.256 e. The zero-order valence-corrected chi connectivity index (χ0v) is 17.7. The van der Waals surface area contributed by atoms with Crippen LogP contribution in [-0.4, -0.2) is 4.98 Å². The van der Waals surface area contributed by atoms with Crippen LogP contribution in [0.5, 0.6) is 0 Å². The zero-order chi connectivity index (χ0) is 20.9. The first-order valence-corrected chi connectivity index (χ1v) is 10.7. The molecular weight excluding hydrogens is 370 g/mol. The van der Waals surface area contributed by atoms with E-state index in [-0.39, 0.29) is 0 Å². The molecule has 0 fully saturated rings. The maximum atomic E-state index is 8.38. The summed E-state index contributed by atoms with van der Waals surface area (Å²) in [6.07, 6.45) is 1.82. The quantitative estimate of drug-likeness (QED) is 0.300. The summed E-state index contributed by atoms with van der Waals surface area (Å²) >= 11 is 1.82. The highest BCUT2D eigenvalue weighted by atomic mass is 32.1. The molecule has 0 amide bonds. The van der Waals surface area contributed by atoms with Crippen LogP contribution in [0.3, 0.4) is 0 Å². The molecule has 0 radical (unpaired) electrons. The van der Waals surface area contributed by atoms with Gasteiger partial charge in [0, 0.05) is 33.3 Å². The van der Waals surface area contributed by atoms with Crippen molar-refractivity contribution in [1.29, 1.82) is 0 Å². The molecule has 1 nitrogen and oxygen atoms in total. The number of aryl methyl sites for hydroxylation is 1. The fourth-order valence-electron chi connectivity index (χ4n) is 3.81. The summed E-state index contributed by atoms with van der Waals surface area (Å²) < 4.78 is 10.9. The van der Waals surface area contributed by atoms with Gasteiger partial charge in [0.15, 0.2) is 0 Å². The predicted molar refractivity (Wildman–Crippen MR) is 127 cm³/mol. The summed E-state index contributed by atoms with van der Waals surface area (Å²) in [4.78, 5) is 4.64. The van der Waals surface area contributed by atoms with Crippen molar-refractivity contribution in [2.75, 3.05) is 0 Å². The van der Waals surface area contributed by atoms with E-state index in [0.29, 0.717) is 0 Å². The van der Waals surface area contributed by atoms with Gasteiger partial charge in [0.2, 0.25) is 0 Å². The van der Waals surface area contributed by atoms with E-state index in [1.165, 1.54) is 36.9 Å². The SMILES string of the molecule is [2H]C(C)(C)c1ccnc(-c2cccc3c2sc2cc(-c4ccc(C)cc4)ccc23)c1. The molecule has 0 unspecified atom stereocenters. The number of thiophene rings is 1. The Kier molecular flexibility index (Phi) is 4.16. The van der Waals surface area contributed by atoms with Gasteiger partial charge >= 0.3 is 0 Å². The molecule has 0 bridgehead atoms. The van der Waals surface area contributed by atoms with Gasteiger partial charge in [0.25, 0.3) is 0 Å².